The van der Waals surface area contributed by atoms with Crippen molar-refractivity contribution in [1.29, 1.82) is 0 Å². The molecule has 0 spiro atoms. The van der Waals surface area contributed by atoms with E-state index < -0.39 is 0 Å². The number of para-hydroxylation sites is 1. The highest BCUT2D eigenvalue weighted by atomic mass is 16.2. The van der Waals surface area contributed by atoms with Crippen molar-refractivity contribution in [1.82, 2.24) is 14.9 Å². The van der Waals surface area contributed by atoms with Crippen LogP contribution in [0.1, 0.15) is 20.8 Å². The number of imidazole rings is 1. The largest absolute Gasteiger partial charge is 0.355 e. The highest BCUT2D eigenvalue weighted by molar-refractivity contribution is 6.08. The molecule has 2 aromatic rings. The number of rotatable bonds is 5. The third kappa shape index (κ3) is 3.46. The first-order chi connectivity index (χ1) is 10.2. The minimum absolute atomic E-state index is 0.264. The Balaban J connectivity index is 2.17. The monoisotopic (exact) mass is 287 g/mol. The van der Waals surface area contributed by atoms with Crippen molar-refractivity contribution in [3.05, 3.63) is 48.0 Å². The number of nitrogens with two attached hydrogens (primary N) is 1. The molecule has 1 heterocycles. The Morgan fingerprint density at radius 2 is 2.05 bits per heavy atom. The fraction of sp³-hybridized carbons (Fsp3) is 0.214. The number of carbonyl (C=O) groups is 2. The lowest BCUT2D eigenvalue weighted by molar-refractivity contribution is 0.0964. The molecule has 7 nitrogen and oxygen atoms in total. The van der Waals surface area contributed by atoms with E-state index in [0.717, 1.165) is 0 Å². The molecule has 0 aliphatic heterocycles. The minimum Gasteiger partial charge on any atom is -0.355 e. The summed E-state index contributed by atoms with van der Waals surface area (Å²) in [6, 6.07) is 6.78. The predicted molar refractivity (Wildman–Crippen MR) is 79.1 cm³/mol. The number of amides is 2. The van der Waals surface area contributed by atoms with Crippen LogP contribution in [0.2, 0.25) is 0 Å². The van der Waals surface area contributed by atoms with Crippen molar-refractivity contribution in [2.24, 2.45) is 5.73 Å². The lowest BCUT2D eigenvalue weighted by Crippen LogP contribution is -2.21. The average molecular weight is 287 g/mol. The summed E-state index contributed by atoms with van der Waals surface area (Å²) in [6.07, 6.45) is 3.16. The number of anilines is 1. The van der Waals surface area contributed by atoms with Crippen molar-refractivity contribution >= 4 is 17.5 Å². The Kier molecular flexibility index (Phi) is 4.68. The SMILES string of the molecule is CNC(=O)c1ccccc1NC(=O)c1cn(CCN)cn1. The van der Waals surface area contributed by atoms with Crippen molar-refractivity contribution in [3.8, 4) is 0 Å². The van der Waals surface area contributed by atoms with E-state index in [1.54, 1.807) is 41.4 Å². The Hall–Kier alpha value is -2.67. The number of carbonyl (C=O) groups excluding carboxylic acids is 2. The van der Waals surface area contributed by atoms with Crippen molar-refractivity contribution in [2.75, 3.05) is 18.9 Å². The second kappa shape index (κ2) is 6.67. The van der Waals surface area contributed by atoms with Gasteiger partial charge in [0.2, 0.25) is 0 Å². The summed E-state index contributed by atoms with van der Waals surface area (Å²) in [5.74, 6) is -0.637. The Labute approximate surface area is 122 Å². The lowest BCUT2D eigenvalue weighted by atomic mass is 10.1. The van der Waals surface area contributed by atoms with E-state index >= 15 is 0 Å². The second-order valence-corrected chi connectivity index (χ2v) is 4.36. The van der Waals surface area contributed by atoms with E-state index in [1.807, 2.05) is 0 Å². The number of hydrogen-bond acceptors (Lipinski definition) is 4. The molecule has 0 atom stereocenters. The number of nitrogens with zero attached hydrogens (tertiary/aromatic N) is 2. The summed E-state index contributed by atoms with van der Waals surface area (Å²) in [4.78, 5) is 27.9. The van der Waals surface area contributed by atoms with Gasteiger partial charge in [0, 0.05) is 26.3 Å². The Morgan fingerprint density at radius 1 is 1.29 bits per heavy atom. The molecule has 4 N–H and O–H groups in total. The standard InChI is InChI=1S/C14H17N5O2/c1-16-13(20)10-4-2-3-5-11(10)18-14(21)12-8-19(7-6-15)9-17-12/h2-5,8-9H,6-7,15H2,1H3,(H,16,20)(H,18,21). The maximum atomic E-state index is 12.1. The first-order valence-electron chi connectivity index (χ1n) is 6.50. The first-order valence-corrected chi connectivity index (χ1v) is 6.50. The van der Waals surface area contributed by atoms with E-state index in [9.17, 15) is 9.59 Å². The normalized spacial score (nSPS) is 10.2. The van der Waals surface area contributed by atoms with E-state index in [0.29, 0.717) is 24.3 Å². The maximum absolute atomic E-state index is 12.1. The molecule has 0 fully saturated rings. The Morgan fingerprint density at radius 3 is 2.76 bits per heavy atom. The van der Waals surface area contributed by atoms with Gasteiger partial charge in [-0.15, -0.1) is 0 Å². The first kappa shape index (κ1) is 14.7. The van der Waals surface area contributed by atoms with Crippen LogP contribution in [0.3, 0.4) is 0 Å². The van der Waals surface area contributed by atoms with Crippen LogP contribution in [0.25, 0.3) is 0 Å². The van der Waals surface area contributed by atoms with Crippen LogP contribution >= 0.6 is 0 Å². The molecule has 0 radical (unpaired) electrons. The molecule has 0 bridgehead atoms. The van der Waals surface area contributed by atoms with Gasteiger partial charge in [-0.2, -0.15) is 0 Å². The van der Waals surface area contributed by atoms with Crippen LogP contribution in [0, 0.1) is 0 Å². The number of aromatic nitrogens is 2. The van der Waals surface area contributed by atoms with Crippen molar-refractivity contribution in [2.45, 2.75) is 6.54 Å². The minimum atomic E-state index is -0.373. The number of hydrogen-bond donors (Lipinski definition) is 3. The summed E-state index contributed by atoms with van der Waals surface area (Å²) in [7, 11) is 1.54. The third-order valence-corrected chi connectivity index (χ3v) is 2.90. The summed E-state index contributed by atoms with van der Waals surface area (Å²) in [5.41, 5.74) is 6.56. The molecule has 1 aromatic carbocycles. The van der Waals surface area contributed by atoms with Gasteiger partial charge in [-0.1, -0.05) is 12.1 Å². The molecule has 2 rings (SSSR count). The summed E-state index contributed by atoms with van der Waals surface area (Å²) in [5, 5.41) is 5.22. The fourth-order valence-corrected chi connectivity index (χ4v) is 1.86. The van der Waals surface area contributed by atoms with Crippen LogP contribution in [0.5, 0.6) is 0 Å². The molecule has 21 heavy (non-hydrogen) atoms. The van der Waals surface area contributed by atoms with Crippen LogP contribution in [0.4, 0.5) is 5.69 Å². The van der Waals surface area contributed by atoms with Crippen LogP contribution < -0.4 is 16.4 Å². The maximum Gasteiger partial charge on any atom is 0.275 e. The van der Waals surface area contributed by atoms with Gasteiger partial charge in [-0.3, -0.25) is 9.59 Å². The summed E-state index contributed by atoms with van der Waals surface area (Å²) >= 11 is 0. The molecule has 0 saturated carbocycles. The van der Waals surface area contributed by atoms with E-state index in [4.69, 9.17) is 5.73 Å². The van der Waals surface area contributed by atoms with Gasteiger partial charge in [-0.25, -0.2) is 4.98 Å². The molecule has 0 unspecified atom stereocenters. The van der Waals surface area contributed by atoms with Crippen molar-refractivity contribution < 1.29 is 9.59 Å². The van der Waals surface area contributed by atoms with Gasteiger partial charge in [0.1, 0.15) is 5.69 Å². The van der Waals surface area contributed by atoms with E-state index in [1.165, 1.54) is 7.05 Å². The van der Waals surface area contributed by atoms with Gasteiger partial charge in [-0.05, 0) is 12.1 Å². The molecule has 2 amide bonds. The summed E-state index contributed by atoms with van der Waals surface area (Å²) < 4.78 is 1.74. The topological polar surface area (TPSA) is 102 Å². The molecule has 110 valence electrons. The van der Waals surface area contributed by atoms with Crippen LogP contribution in [-0.4, -0.2) is 35.0 Å². The quantitative estimate of drug-likeness (QED) is 0.743. The molecule has 7 heteroatoms. The number of benzene rings is 1. The fourth-order valence-electron chi connectivity index (χ4n) is 1.86. The molecule has 1 aromatic heterocycles. The van der Waals surface area contributed by atoms with Crippen LogP contribution in [-0.2, 0) is 6.54 Å². The zero-order valence-corrected chi connectivity index (χ0v) is 11.7. The lowest BCUT2D eigenvalue weighted by Gasteiger charge is -2.08. The zero-order chi connectivity index (χ0) is 15.2. The zero-order valence-electron chi connectivity index (χ0n) is 11.7. The van der Waals surface area contributed by atoms with Gasteiger partial charge in [0.25, 0.3) is 11.8 Å². The number of nitrogens with one attached hydrogen (secondary N) is 2. The van der Waals surface area contributed by atoms with Gasteiger partial charge in [0.15, 0.2) is 0 Å². The molecule has 0 saturated heterocycles. The average Bonchev–Trinajstić information content (AvgIpc) is 2.96. The smallest absolute Gasteiger partial charge is 0.275 e. The highest BCUT2D eigenvalue weighted by Gasteiger charge is 2.14. The van der Waals surface area contributed by atoms with Crippen molar-refractivity contribution in [3.63, 3.8) is 0 Å². The Bertz CT molecular complexity index is 650. The second-order valence-electron chi connectivity index (χ2n) is 4.36. The van der Waals surface area contributed by atoms with E-state index in [-0.39, 0.29) is 17.5 Å². The predicted octanol–water partition coefficient (Wildman–Crippen LogP) is 0.454. The highest BCUT2D eigenvalue weighted by Crippen LogP contribution is 2.15. The van der Waals surface area contributed by atoms with Gasteiger partial charge in [0.05, 0.1) is 17.6 Å². The van der Waals surface area contributed by atoms with E-state index in [2.05, 4.69) is 15.6 Å². The summed E-state index contributed by atoms with van der Waals surface area (Å²) in [6.45, 7) is 1.06. The molecule has 0 aliphatic carbocycles. The van der Waals surface area contributed by atoms with Gasteiger partial charge >= 0.3 is 0 Å². The van der Waals surface area contributed by atoms with Crippen LogP contribution in [0.15, 0.2) is 36.8 Å². The molecular weight excluding hydrogens is 270 g/mol. The molecule has 0 aliphatic rings. The third-order valence-electron chi connectivity index (χ3n) is 2.90. The van der Waals surface area contributed by atoms with Gasteiger partial charge < -0.3 is 20.9 Å². The molecular formula is C14H17N5O2.